The number of carbonyl (C=O) groups excluding carboxylic acids is 2. The number of amides is 3. The van der Waals surface area contributed by atoms with Gasteiger partial charge in [0.15, 0.2) is 5.13 Å². The van der Waals surface area contributed by atoms with Crippen molar-refractivity contribution in [2.75, 3.05) is 5.32 Å². The quantitative estimate of drug-likeness (QED) is 0.423. The van der Waals surface area contributed by atoms with Crippen molar-refractivity contribution in [3.8, 4) is 0 Å². The van der Waals surface area contributed by atoms with Crippen LogP contribution in [0.3, 0.4) is 0 Å². The van der Waals surface area contributed by atoms with E-state index in [0.717, 1.165) is 34.7 Å². The summed E-state index contributed by atoms with van der Waals surface area (Å²) < 4.78 is 0. The minimum Gasteiger partial charge on any atom is -0.350 e. The number of hydrogen-bond donors (Lipinski definition) is 3. The summed E-state index contributed by atoms with van der Waals surface area (Å²) in [5.41, 5.74) is 8.11. The van der Waals surface area contributed by atoms with Crippen molar-refractivity contribution >= 4 is 28.4 Å². The molecule has 0 aliphatic rings. The van der Waals surface area contributed by atoms with Crippen molar-refractivity contribution in [1.29, 1.82) is 0 Å². The second kappa shape index (κ2) is 7.70. The number of nitrogens with one attached hydrogen (secondary N) is 1. The van der Waals surface area contributed by atoms with Crippen LogP contribution in [0.4, 0.5) is 9.93 Å². The molecule has 122 valence electrons. The summed E-state index contributed by atoms with van der Waals surface area (Å²) in [5, 5.41) is 6.20. The normalized spacial score (nSPS) is 10.3. The van der Waals surface area contributed by atoms with Crippen LogP contribution in [0.5, 0.6) is 0 Å². The Morgan fingerprint density at radius 1 is 1.22 bits per heavy atom. The molecule has 8 heteroatoms. The zero-order chi connectivity index (χ0) is 16.8. The number of hydrogen-bond acceptors (Lipinski definition) is 5. The van der Waals surface area contributed by atoms with Crippen LogP contribution >= 0.6 is 11.3 Å². The lowest BCUT2D eigenvalue weighted by Gasteiger charge is -2.13. The molecule has 7 nitrogen and oxygen atoms in total. The fourth-order valence-corrected chi connectivity index (χ4v) is 2.78. The molecule has 0 aliphatic carbocycles. The van der Waals surface area contributed by atoms with Crippen LogP contribution in [0, 0.1) is 0 Å². The smallest absolute Gasteiger partial charge is 0.329 e. The van der Waals surface area contributed by atoms with Gasteiger partial charge in [-0.1, -0.05) is 24.3 Å². The zero-order valence-corrected chi connectivity index (χ0v) is 13.6. The molecule has 1 heterocycles. The van der Waals surface area contributed by atoms with E-state index in [4.69, 9.17) is 11.6 Å². The summed E-state index contributed by atoms with van der Waals surface area (Å²) in [7, 11) is 0. The Balaban J connectivity index is 1.87. The number of nitrogens with zero attached hydrogens (tertiary/aromatic N) is 2. The molecule has 0 bridgehead atoms. The third kappa shape index (κ3) is 5.35. The summed E-state index contributed by atoms with van der Waals surface area (Å²) >= 11 is 1.42. The molecule has 0 saturated heterocycles. The molecule has 1 aromatic carbocycles. The fourth-order valence-electron chi connectivity index (χ4n) is 1.99. The first-order chi connectivity index (χ1) is 10.9. The lowest BCUT2D eigenvalue weighted by Crippen LogP contribution is -2.40. The largest absolute Gasteiger partial charge is 0.350 e. The molecule has 0 saturated carbocycles. The predicted molar refractivity (Wildman–Crippen MR) is 89.6 cm³/mol. The molecule has 2 aromatic rings. The van der Waals surface area contributed by atoms with Gasteiger partial charge in [0, 0.05) is 12.3 Å². The number of aromatic nitrogens is 1. The number of hydrazine groups is 1. The summed E-state index contributed by atoms with van der Waals surface area (Å²) in [6.07, 6.45) is 1.63. The summed E-state index contributed by atoms with van der Waals surface area (Å²) in [6, 6.07) is 7.16. The molecule has 0 aliphatic heterocycles. The number of anilines is 1. The Morgan fingerprint density at radius 3 is 2.48 bits per heavy atom. The van der Waals surface area contributed by atoms with Gasteiger partial charge in [0.1, 0.15) is 0 Å². The topological polar surface area (TPSA) is 114 Å². The Bertz CT molecular complexity index is 683. The molecule has 0 unspecified atom stereocenters. The minimum atomic E-state index is -0.660. The van der Waals surface area contributed by atoms with E-state index in [-0.39, 0.29) is 12.5 Å². The first-order valence-electron chi connectivity index (χ1n) is 7.05. The molecule has 5 N–H and O–H groups in total. The second-order valence-electron chi connectivity index (χ2n) is 5.11. The average Bonchev–Trinajstić information content (AvgIpc) is 2.93. The van der Waals surface area contributed by atoms with E-state index in [1.54, 1.807) is 0 Å². The lowest BCUT2D eigenvalue weighted by molar-refractivity contribution is -0.114. The summed E-state index contributed by atoms with van der Waals surface area (Å²) in [5.74, 6) is 5.36. The van der Waals surface area contributed by atoms with Crippen LogP contribution < -0.4 is 16.9 Å². The number of nitrogens with two attached hydrogens (primary N) is 2. The van der Waals surface area contributed by atoms with E-state index in [1.165, 1.54) is 18.3 Å². The van der Waals surface area contributed by atoms with E-state index in [0.29, 0.717) is 5.13 Å². The van der Waals surface area contributed by atoms with E-state index in [2.05, 4.69) is 10.3 Å². The van der Waals surface area contributed by atoms with Crippen LogP contribution in [0.1, 0.15) is 23.7 Å². The van der Waals surface area contributed by atoms with Crippen LogP contribution in [0.25, 0.3) is 0 Å². The predicted octanol–water partition coefficient (Wildman–Crippen LogP) is 1.64. The van der Waals surface area contributed by atoms with Gasteiger partial charge in [-0.25, -0.2) is 15.6 Å². The molecule has 23 heavy (non-hydrogen) atoms. The number of rotatable bonds is 6. The van der Waals surface area contributed by atoms with Crippen LogP contribution in [0.15, 0.2) is 29.6 Å². The molecule has 2 rings (SSSR count). The highest BCUT2D eigenvalue weighted by molar-refractivity contribution is 7.13. The third-order valence-electron chi connectivity index (χ3n) is 3.16. The molecule has 0 radical (unpaired) electrons. The van der Waals surface area contributed by atoms with Gasteiger partial charge in [0.05, 0.1) is 12.2 Å². The number of thiazole rings is 1. The van der Waals surface area contributed by atoms with Gasteiger partial charge in [-0.2, -0.15) is 0 Å². The highest BCUT2D eigenvalue weighted by Gasteiger charge is 2.06. The average molecular weight is 333 g/mol. The fraction of sp³-hybridized carbons (Fsp3) is 0.267. The van der Waals surface area contributed by atoms with Gasteiger partial charge in [0.25, 0.3) is 0 Å². The number of benzene rings is 1. The van der Waals surface area contributed by atoms with Gasteiger partial charge in [0.2, 0.25) is 5.91 Å². The molecule has 0 fully saturated rings. The maximum absolute atomic E-state index is 11.0. The van der Waals surface area contributed by atoms with E-state index in [9.17, 15) is 9.59 Å². The number of carbonyl (C=O) groups is 2. The zero-order valence-electron chi connectivity index (χ0n) is 12.8. The highest BCUT2D eigenvalue weighted by atomic mass is 32.1. The highest BCUT2D eigenvalue weighted by Crippen LogP contribution is 2.17. The number of primary amides is 1. The summed E-state index contributed by atoms with van der Waals surface area (Å²) in [4.78, 5) is 26.2. The van der Waals surface area contributed by atoms with Gasteiger partial charge in [-0.15, -0.1) is 11.3 Å². The second-order valence-corrected chi connectivity index (χ2v) is 5.97. The van der Waals surface area contributed by atoms with Gasteiger partial charge >= 0.3 is 6.03 Å². The van der Waals surface area contributed by atoms with Gasteiger partial charge < -0.3 is 11.1 Å². The minimum absolute atomic E-state index is 0.119. The third-order valence-corrected chi connectivity index (χ3v) is 3.97. The van der Waals surface area contributed by atoms with E-state index in [1.807, 2.05) is 29.6 Å². The van der Waals surface area contributed by atoms with Crippen molar-refractivity contribution in [2.45, 2.75) is 26.3 Å². The maximum Gasteiger partial charge on any atom is 0.329 e. The number of urea groups is 1. The van der Waals surface area contributed by atoms with Crippen LogP contribution in [-0.2, 0) is 24.2 Å². The molecule has 0 atom stereocenters. The SMILES string of the molecule is CC(=O)Nc1nc(CCc2ccc(CN(N)C(N)=O)cc2)cs1. The van der Waals surface area contributed by atoms with Gasteiger partial charge in [-0.05, 0) is 24.0 Å². The first kappa shape index (κ1) is 16.9. The van der Waals surface area contributed by atoms with Crippen molar-refractivity contribution in [3.63, 3.8) is 0 Å². The lowest BCUT2D eigenvalue weighted by atomic mass is 10.1. The van der Waals surface area contributed by atoms with Crippen molar-refractivity contribution in [2.24, 2.45) is 11.6 Å². The standard InChI is InChI=1S/C15H19N5O2S/c1-10(21)18-15-19-13(9-23-15)7-6-11-2-4-12(5-3-11)8-20(17)14(16)22/h2-5,9H,6-8,17H2,1H3,(H2,16,22)(H,18,19,21). The van der Waals surface area contributed by atoms with Crippen LogP contribution in [-0.4, -0.2) is 21.9 Å². The summed E-state index contributed by atoms with van der Waals surface area (Å²) in [6.45, 7) is 1.74. The monoisotopic (exact) mass is 333 g/mol. The molecular formula is C15H19N5O2S. The van der Waals surface area contributed by atoms with E-state index < -0.39 is 6.03 Å². The van der Waals surface area contributed by atoms with Crippen molar-refractivity contribution in [1.82, 2.24) is 9.99 Å². The Labute approximate surface area is 138 Å². The maximum atomic E-state index is 11.0. The number of aryl methyl sites for hydroxylation is 2. The van der Waals surface area contributed by atoms with E-state index >= 15 is 0 Å². The molecule has 1 aromatic heterocycles. The molecule has 0 spiro atoms. The van der Waals surface area contributed by atoms with Crippen molar-refractivity contribution in [3.05, 3.63) is 46.5 Å². The molecule has 3 amide bonds. The van der Waals surface area contributed by atoms with Gasteiger partial charge in [-0.3, -0.25) is 9.80 Å². The van der Waals surface area contributed by atoms with Crippen LogP contribution in [0.2, 0.25) is 0 Å². The Hall–Kier alpha value is -2.45. The van der Waals surface area contributed by atoms with Crippen molar-refractivity contribution < 1.29 is 9.59 Å². The molecular weight excluding hydrogens is 314 g/mol. The Morgan fingerprint density at radius 2 is 1.87 bits per heavy atom. The Kier molecular flexibility index (Phi) is 5.67. The first-order valence-corrected chi connectivity index (χ1v) is 7.93.